The number of rotatable bonds is 3. The molecule has 2 aromatic rings. The van der Waals surface area contributed by atoms with Crippen LogP contribution in [0.15, 0.2) is 24.3 Å². The number of carbonyl (C=O) groups excluding carboxylic acids is 1. The average Bonchev–Trinajstić information content (AvgIpc) is 2.76. The zero-order valence-corrected chi connectivity index (χ0v) is 11.9. The third kappa shape index (κ3) is 2.36. The number of nitrogens with two attached hydrogens (primary N) is 1. The van der Waals surface area contributed by atoms with E-state index < -0.39 is 0 Å². The number of carbonyl (C=O) groups is 1. The zero-order valence-electron chi connectivity index (χ0n) is 11.9. The fourth-order valence-corrected chi connectivity index (χ4v) is 3.27. The summed E-state index contributed by atoms with van der Waals surface area (Å²) in [4.78, 5) is 12.5. The van der Waals surface area contributed by atoms with Gasteiger partial charge in [-0.3, -0.25) is 9.48 Å². The van der Waals surface area contributed by atoms with Crippen LogP contribution in [0.1, 0.15) is 31.4 Å². The summed E-state index contributed by atoms with van der Waals surface area (Å²) >= 11 is 0. The second-order valence-corrected chi connectivity index (χ2v) is 5.79. The zero-order chi connectivity index (χ0) is 14.1. The van der Waals surface area contributed by atoms with Crippen LogP contribution in [-0.2, 0) is 18.3 Å². The molecule has 1 aliphatic rings. The van der Waals surface area contributed by atoms with Gasteiger partial charge in [0.2, 0.25) is 0 Å². The molecule has 0 saturated heterocycles. The minimum Gasteiger partial charge on any atom is -0.327 e. The SMILES string of the molecule is Cn1nc(CC(=O)C2CCCCC2N)c2ccccc21. The predicted molar refractivity (Wildman–Crippen MR) is 79.4 cm³/mol. The van der Waals surface area contributed by atoms with Crippen molar-refractivity contribution in [1.82, 2.24) is 9.78 Å². The Morgan fingerprint density at radius 1 is 1.35 bits per heavy atom. The van der Waals surface area contributed by atoms with Crippen molar-refractivity contribution >= 4 is 16.7 Å². The Bertz CT molecular complexity index is 632. The largest absolute Gasteiger partial charge is 0.327 e. The third-order valence-corrected chi connectivity index (χ3v) is 4.41. The normalized spacial score (nSPS) is 23.1. The summed E-state index contributed by atoms with van der Waals surface area (Å²) in [6.07, 6.45) is 4.58. The molecular weight excluding hydrogens is 250 g/mol. The number of hydrogen-bond acceptors (Lipinski definition) is 3. The van der Waals surface area contributed by atoms with Crippen LogP contribution in [0.2, 0.25) is 0 Å². The van der Waals surface area contributed by atoms with Crippen molar-refractivity contribution in [1.29, 1.82) is 0 Å². The van der Waals surface area contributed by atoms with Gasteiger partial charge in [-0.15, -0.1) is 0 Å². The molecule has 1 saturated carbocycles. The van der Waals surface area contributed by atoms with Gasteiger partial charge in [0.1, 0.15) is 5.78 Å². The lowest BCUT2D eigenvalue weighted by Gasteiger charge is -2.27. The molecule has 2 N–H and O–H groups in total. The van der Waals surface area contributed by atoms with Crippen LogP contribution in [-0.4, -0.2) is 21.6 Å². The van der Waals surface area contributed by atoms with E-state index in [4.69, 9.17) is 5.73 Å². The number of benzene rings is 1. The van der Waals surface area contributed by atoms with Crippen molar-refractivity contribution < 1.29 is 4.79 Å². The minimum atomic E-state index is 0.0181. The molecule has 4 nitrogen and oxygen atoms in total. The molecule has 1 aliphatic carbocycles. The Balaban J connectivity index is 1.84. The molecule has 1 aromatic carbocycles. The molecule has 1 fully saturated rings. The molecule has 0 aliphatic heterocycles. The maximum Gasteiger partial charge on any atom is 0.143 e. The molecule has 0 amide bonds. The molecule has 1 aromatic heterocycles. The molecule has 20 heavy (non-hydrogen) atoms. The van der Waals surface area contributed by atoms with Crippen molar-refractivity contribution in [3.63, 3.8) is 0 Å². The first-order valence-electron chi connectivity index (χ1n) is 7.35. The lowest BCUT2D eigenvalue weighted by atomic mass is 9.81. The molecule has 1 heterocycles. The van der Waals surface area contributed by atoms with Crippen LogP contribution in [0.25, 0.3) is 10.9 Å². The van der Waals surface area contributed by atoms with Gasteiger partial charge in [-0.25, -0.2) is 0 Å². The Hall–Kier alpha value is -1.68. The van der Waals surface area contributed by atoms with E-state index in [1.54, 1.807) is 0 Å². The highest BCUT2D eigenvalue weighted by Gasteiger charge is 2.28. The summed E-state index contributed by atoms with van der Waals surface area (Å²) in [5.41, 5.74) is 8.06. The smallest absolute Gasteiger partial charge is 0.143 e. The number of fused-ring (bicyclic) bond motifs is 1. The Morgan fingerprint density at radius 2 is 2.10 bits per heavy atom. The minimum absolute atomic E-state index is 0.0181. The summed E-state index contributed by atoms with van der Waals surface area (Å²) in [5, 5.41) is 5.58. The highest BCUT2D eigenvalue weighted by Crippen LogP contribution is 2.26. The van der Waals surface area contributed by atoms with E-state index in [0.29, 0.717) is 6.42 Å². The number of Topliss-reactive ketones (excluding diaryl/α,β-unsaturated/α-hetero) is 1. The van der Waals surface area contributed by atoms with Crippen LogP contribution in [0, 0.1) is 5.92 Å². The molecule has 2 atom stereocenters. The molecule has 0 spiro atoms. The topological polar surface area (TPSA) is 60.9 Å². The van der Waals surface area contributed by atoms with Crippen molar-refractivity contribution in [2.75, 3.05) is 0 Å². The Labute approximate surface area is 119 Å². The van der Waals surface area contributed by atoms with Crippen molar-refractivity contribution in [3.8, 4) is 0 Å². The molecule has 2 unspecified atom stereocenters. The summed E-state index contributed by atoms with van der Waals surface area (Å²) in [6.45, 7) is 0. The highest BCUT2D eigenvalue weighted by molar-refractivity contribution is 5.90. The van der Waals surface area contributed by atoms with E-state index in [-0.39, 0.29) is 17.7 Å². The summed E-state index contributed by atoms with van der Waals surface area (Å²) < 4.78 is 1.85. The molecule has 106 valence electrons. The Morgan fingerprint density at radius 3 is 2.90 bits per heavy atom. The predicted octanol–water partition coefficient (Wildman–Crippen LogP) is 2.20. The van der Waals surface area contributed by atoms with Crippen LogP contribution in [0.4, 0.5) is 0 Å². The van der Waals surface area contributed by atoms with Gasteiger partial charge in [-0.2, -0.15) is 5.10 Å². The van der Waals surface area contributed by atoms with E-state index in [2.05, 4.69) is 5.10 Å². The summed E-state index contributed by atoms with van der Waals surface area (Å²) in [5.74, 6) is 0.269. The van der Waals surface area contributed by atoms with E-state index in [9.17, 15) is 4.79 Å². The van der Waals surface area contributed by atoms with Gasteiger partial charge in [0.15, 0.2) is 0 Å². The fourth-order valence-electron chi connectivity index (χ4n) is 3.27. The first kappa shape index (κ1) is 13.3. The van der Waals surface area contributed by atoms with Gasteiger partial charge in [-0.05, 0) is 18.9 Å². The van der Waals surface area contributed by atoms with Crippen LogP contribution < -0.4 is 5.73 Å². The van der Waals surface area contributed by atoms with E-state index in [1.165, 1.54) is 0 Å². The standard InChI is InChI=1S/C16H21N3O/c1-19-15-9-5-3-7-12(15)14(18-19)10-16(20)11-6-2-4-8-13(11)17/h3,5,7,9,11,13H,2,4,6,8,10,17H2,1H3. The molecule has 0 radical (unpaired) electrons. The maximum absolute atomic E-state index is 12.5. The maximum atomic E-state index is 12.5. The second kappa shape index (κ2) is 5.37. The van der Waals surface area contributed by atoms with Crippen molar-refractivity contribution in [2.45, 2.75) is 38.1 Å². The number of ketones is 1. The first-order valence-corrected chi connectivity index (χ1v) is 7.35. The third-order valence-electron chi connectivity index (χ3n) is 4.41. The molecule has 3 rings (SSSR count). The molecular formula is C16H21N3O. The van der Waals surface area contributed by atoms with Crippen LogP contribution in [0.5, 0.6) is 0 Å². The molecule has 0 bridgehead atoms. The van der Waals surface area contributed by atoms with Gasteiger partial charge < -0.3 is 5.73 Å². The van der Waals surface area contributed by atoms with Gasteiger partial charge in [-0.1, -0.05) is 31.0 Å². The second-order valence-electron chi connectivity index (χ2n) is 5.79. The number of aromatic nitrogens is 2. The van der Waals surface area contributed by atoms with Crippen LogP contribution >= 0.6 is 0 Å². The van der Waals surface area contributed by atoms with E-state index >= 15 is 0 Å². The van der Waals surface area contributed by atoms with E-state index in [1.807, 2.05) is 36.0 Å². The van der Waals surface area contributed by atoms with E-state index in [0.717, 1.165) is 42.3 Å². The highest BCUT2D eigenvalue weighted by atomic mass is 16.1. The number of aryl methyl sites for hydroxylation is 1. The fraction of sp³-hybridized carbons (Fsp3) is 0.500. The lowest BCUT2D eigenvalue weighted by Crippen LogP contribution is -2.38. The van der Waals surface area contributed by atoms with Gasteiger partial charge in [0, 0.05) is 24.4 Å². The monoisotopic (exact) mass is 271 g/mol. The van der Waals surface area contributed by atoms with Crippen molar-refractivity contribution in [2.24, 2.45) is 18.7 Å². The van der Waals surface area contributed by atoms with Gasteiger partial charge in [0.05, 0.1) is 17.6 Å². The van der Waals surface area contributed by atoms with Gasteiger partial charge in [0.25, 0.3) is 0 Å². The summed E-state index contributed by atoms with van der Waals surface area (Å²) in [7, 11) is 1.92. The Kier molecular flexibility index (Phi) is 3.57. The quantitative estimate of drug-likeness (QED) is 0.931. The first-order chi connectivity index (χ1) is 9.66. The number of para-hydroxylation sites is 1. The molecule has 4 heteroatoms. The average molecular weight is 271 g/mol. The van der Waals surface area contributed by atoms with Gasteiger partial charge >= 0.3 is 0 Å². The number of nitrogens with zero attached hydrogens (tertiary/aromatic N) is 2. The van der Waals surface area contributed by atoms with Crippen molar-refractivity contribution in [3.05, 3.63) is 30.0 Å². The summed E-state index contributed by atoms with van der Waals surface area (Å²) in [6, 6.07) is 8.08. The van der Waals surface area contributed by atoms with Crippen LogP contribution in [0.3, 0.4) is 0 Å². The number of hydrogen-bond donors (Lipinski definition) is 1. The lowest BCUT2D eigenvalue weighted by molar-refractivity contribution is -0.123.